The van der Waals surface area contributed by atoms with Gasteiger partial charge >= 0.3 is 0 Å². The molecule has 0 spiro atoms. The second-order valence-corrected chi connectivity index (χ2v) is 7.80. The lowest BCUT2D eigenvalue weighted by Crippen LogP contribution is -2.49. The molecule has 3 aromatic rings. The lowest BCUT2D eigenvalue weighted by molar-refractivity contribution is -0.0736. The van der Waals surface area contributed by atoms with Gasteiger partial charge in [0.1, 0.15) is 11.3 Å². The van der Waals surface area contributed by atoms with Crippen LogP contribution in [0.5, 0.6) is 0 Å². The normalized spacial score (nSPS) is 15.8. The first-order chi connectivity index (χ1) is 15.5. The largest absolute Gasteiger partial charge is 0.379 e. The quantitative estimate of drug-likeness (QED) is 0.537. The van der Waals surface area contributed by atoms with Crippen molar-refractivity contribution in [3.05, 3.63) is 45.9 Å². The van der Waals surface area contributed by atoms with E-state index in [4.69, 9.17) is 14.5 Å². The molecule has 9 nitrogen and oxygen atoms in total. The number of carbonyl (C=O) groups is 1. The molecular weight excluding hydrogens is 410 g/mol. The molecule has 1 saturated heterocycles. The molecule has 1 N–H and O–H groups in total. The number of nitrogens with one attached hydrogen (secondary N) is 1. The van der Waals surface area contributed by atoms with E-state index in [0.29, 0.717) is 60.9 Å². The van der Waals surface area contributed by atoms with E-state index in [1.54, 1.807) is 23.9 Å². The fraction of sp³-hybridized carbons (Fsp3) is 0.478. The van der Waals surface area contributed by atoms with Gasteiger partial charge in [0.2, 0.25) is 5.78 Å². The Morgan fingerprint density at radius 2 is 2.00 bits per heavy atom. The van der Waals surface area contributed by atoms with Crippen LogP contribution in [0.1, 0.15) is 36.3 Å². The lowest BCUT2D eigenvalue weighted by Gasteiger charge is -2.33. The number of hydrogen-bond acceptors (Lipinski definition) is 7. The molecule has 0 radical (unpaired) electrons. The van der Waals surface area contributed by atoms with Gasteiger partial charge in [0.05, 0.1) is 18.9 Å². The molecule has 4 rings (SSSR count). The molecule has 0 bridgehead atoms. The van der Waals surface area contributed by atoms with Crippen LogP contribution < -0.4 is 5.56 Å². The molecule has 0 saturated carbocycles. The zero-order chi connectivity index (χ0) is 22.7. The number of benzene rings is 1. The van der Waals surface area contributed by atoms with Gasteiger partial charge in [0.25, 0.3) is 5.56 Å². The Bertz CT molecular complexity index is 1160. The van der Waals surface area contributed by atoms with Crippen molar-refractivity contribution in [3.8, 4) is 11.4 Å². The van der Waals surface area contributed by atoms with Crippen LogP contribution in [0.2, 0.25) is 0 Å². The summed E-state index contributed by atoms with van der Waals surface area (Å²) >= 11 is 0. The second-order valence-electron chi connectivity index (χ2n) is 7.80. The molecule has 1 unspecified atom stereocenters. The zero-order valence-electron chi connectivity index (χ0n) is 18.8. The van der Waals surface area contributed by atoms with Gasteiger partial charge in [0.15, 0.2) is 11.7 Å². The molecule has 1 aromatic carbocycles. The van der Waals surface area contributed by atoms with Gasteiger partial charge in [-0.3, -0.25) is 19.2 Å². The SMILES string of the molecule is CCCc1nn(C)c2c(=O)[nH]c(-c3ccccc3C(=O)C(OCC)N3CCOCC3)nc12. The number of hydrogen-bond donors (Lipinski definition) is 1. The molecular formula is C23H29N5O4. The van der Waals surface area contributed by atoms with E-state index < -0.39 is 6.23 Å². The maximum absolute atomic E-state index is 13.6. The van der Waals surface area contributed by atoms with Crippen LogP contribution in [0, 0.1) is 0 Å². The van der Waals surface area contributed by atoms with Gasteiger partial charge in [-0.2, -0.15) is 5.10 Å². The Balaban J connectivity index is 1.79. The van der Waals surface area contributed by atoms with Gasteiger partial charge in [-0.1, -0.05) is 37.6 Å². The summed E-state index contributed by atoms with van der Waals surface area (Å²) in [6, 6.07) is 7.19. The number of morpholine rings is 1. The smallest absolute Gasteiger partial charge is 0.277 e. The third-order valence-corrected chi connectivity index (χ3v) is 5.62. The van der Waals surface area contributed by atoms with Crippen molar-refractivity contribution < 1.29 is 14.3 Å². The average molecular weight is 440 g/mol. The number of carbonyl (C=O) groups excluding carboxylic acids is 1. The fourth-order valence-corrected chi connectivity index (χ4v) is 4.13. The molecule has 1 fully saturated rings. The molecule has 32 heavy (non-hydrogen) atoms. The summed E-state index contributed by atoms with van der Waals surface area (Å²) < 4.78 is 12.8. The van der Waals surface area contributed by atoms with E-state index in [-0.39, 0.29) is 11.3 Å². The van der Waals surface area contributed by atoms with Crippen molar-refractivity contribution in [2.45, 2.75) is 32.9 Å². The summed E-state index contributed by atoms with van der Waals surface area (Å²) in [5.41, 5.74) is 2.54. The number of H-pyrrole nitrogens is 1. The third-order valence-electron chi connectivity index (χ3n) is 5.62. The van der Waals surface area contributed by atoms with E-state index in [2.05, 4.69) is 17.0 Å². The van der Waals surface area contributed by atoms with E-state index in [9.17, 15) is 9.59 Å². The Kier molecular flexibility index (Phi) is 6.78. The minimum atomic E-state index is -0.713. The fourth-order valence-electron chi connectivity index (χ4n) is 4.13. The number of rotatable bonds is 8. The molecule has 1 atom stereocenters. The maximum atomic E-state index is 13.6. The average Bonchev–Trinajstić information content (AvgIpc) is 3.13. The Hall–Kier alpha value is -2.88. The van der Waals surface area contributed by atoms with Crippen molar-refractivity contribution in [1.29, 1.82) is 0 Å². The number of Topliss-reactive ketones (excluding diaryl/α,β-unsaturated/α-hetero) is 1. The van der Waals surface area contributed by atoms with Crippen LogP contribution in [0.25, 0.3) is 22.4 Å². The van der Waals surface area contributed by atoms with Crippen LogP contribution in [0.3, 0.4) is 0 Å². The van der Waals surface area contributed by atoms with Crippen molar-refractivity contribution in [3.63, 3.8) is 0 Å². The van der Waals surface area contributed by atoms with Gasteiger partial charge in [-0.05, 0) is 13.3 Å². The highest BCUT2D eigenvalue weighted by Crippen LogP contribution is 2.25. The van der Waals surface area contributed by atoms with Crippen LogP contribution in [0.15, 0.2) is 29.1 Å². The molecule has 2 aromatic heterocycles. The summed E-state index contributed by atoms with van der Waals surface area (Å²) in [4.78, 5) is 36.1. The van der Waals surface area contributed by atoms with Crippen LogP contribution in [-0.2, 0) is 22.9 Å². The molecule has 170 valence electrons. The van der Waals surface area contributed by atoms with Crippen molar-refractivity contribution in [1.82, 2.24) is 24.6 Å². The van der Waals surface area contributed by atoms with Crippen LogP contribution in [-0.4, -0.2) is 69.6 Å². The van der Waals surface area contributed by atoms with E-state index in [1.807, 2.05) is 24.0 Å². The second kappa shape index (κ2) is 9.72. The predicted molar refractivity (Wildman–Crippen MR) is 121 cm³/mol. The lowest BCUT2D eigenvalue weighted by atomic mass is 10.0. The highest BCUT2D eigenvalue weighted by molar-refractivity contribution is 6.04. The summed E-state index contributed by atoms with van der Waals surface area (Å²) in [6.07, 6.45) is 0.896. The number of nitrogens with zero attached hydrogens (tertiary/aromatic N) is 4. The third kappa shape index (κ3) is 4.23. The molecule has 0 aliphatic carbocycles. The molecule has 3 heterocycles. The first-order valence-corrected chi connectivity index (χ1v) is 11.1. The van der Waals surface area contributed by atoms with Gasteiger partial charge in [-0.25, -0.2) is 4.98 Å². The zero-order valence-corrected chi connectivity index (χ0v) is 18.8. The molecule has 1 aliphatic rings. The summed E-state index contributed by atoms with van der Waals surface area (Å²) in [5.74, 6) is 0.195. The predicted octanol–water partition coefficient (Wildman–Crippen LogP) is 2.15. The highest BCUT2D eigenvalue weighted by Gasteiger charge is 2.30. The summed E-state index contributed by atoms with van der Waals surface area (Å²) in [7, 11) is 1.74. The number of aromatic nitrogens is 4. The van der Waals surface area contributed by atoms with Gasteiger partial charge in [0, 0.05) is 37.9 Å². The van der Waals surface area contributed by atoms with Crippen molar-refractivity contribution in [2.24, 2.45) is 7.05 Å². The highest BCUT2D eigenvalue weighted by atomic mass is 16.5. The van der Waals surface area contributed by atoms with Gasteiger partial charge < -0.3 is 14.5 Å². The standard InChI is InChI=1S/C23H29N5O4/c1-4-8-17-18-19(27(3)26-17)22(30)25-21(24-18)16-10-7-6-9-15(16)20(29)23(32-5-2)28-11-13-31-14-12-28/h6-7,9-10,23H,4-5,8,11-14H2,1-3H3,(H,24,25,30). The molecule has 1 aliphatic heterocycles. The Labute approximate surface area is 186 Å². The Morgan fingerprint density at radius 1 is 1.25 bits per heavy atom. The number of aryl methyl sites for hydroxylation is 2. The van der Waals surface area contributed by atoms with Gasteiger partial charge in [-0.15, -0.1) is 0 Å². The monoisotopic (exact) mass is 439 g/mol. The minimum absolute atomic E-state index is 0.160. The topological polar surface area (TPSA) is 102 Å². The van der Waals surface area contributed by atoms with E-state index >= 15 is 0 Å². The maximum Gasteiger partial charge on any atom is 0.277 e. The van der Waals surface area contributed by atoms with Crippen molar-refractivity contribution in [2.75, 3.05) is 32.9 Å². The molecule has 9 heteroatoms. The van der Waals surface area contributed by atoms with E-state index in [1.165, 1.54) is 0 Å². The summed E-state index contributed by atoms with van der Waals surface area (Å²) in [6.45, 7) is 6.70. The first kappa shape index (κ1) is 22.3. The van der Waals surface area contributed by atoms with E-state index in [0.717, 1.165) is 18.5 Å². The minimum Gasteiger partial charge on any atom is -0.379 e. The summed E-state index contributed by atoms with van der Waals surface area (Å²) in [5, 5.41) is 4.48. The number of ether oxygens (including phenoxy) is 2. The number of aromatic amines is 1. The van der Waals surface area contributed by atoms with Crippen LogP contribution in [0.4, 0.5) is 0 Å². The molecule has 0 amide bonds. The first-order valence-electron chi connectivity index (χ1n) is 11.1. The number of fused-ring (bicyclic) bond motifs is 1. The number of ketones is 1. The van der Waals surface area contributed by atoms with Crippen LogP contribution >= 0.6 is 0 Å². The Morgan fingerprint density at radius 3 is 2.72 bits per heavy atom. The van der Waals surface area contributed by atoms with Crippen molar-refractivity contribution >= 4 is 16.8 Å².